The number of fused-ring (bicyclic) bond motifs is 1. The number of aromatic nitrogens is 2. The van der Waals surface area contributed by atoms with Crippen LogP contribution in [0, 0.1) is 0 Å². The number of nitrogens with one attached hydrogen (secondary N) is 1. The molecule has 1 heterocycles. The molecule has 14 heavy (non-hydrogen) atoms. The quantitative estimate of drug-likeness (QED) is 0.726. The van der Waals surface area contributed by atoms with Crippen LogP contribution in [0.1, 0.15) is 5.56 Å². The third-order valence-corrected chi connectivity index (χ3v) is 2.20. The lowest BCUT2D eigenvalue weighted by Crippen LogP contribution is -2.09. The summed E-state index contributed by atoms with van der Waals surface area (Å²) >= 11 is 0. The zero-order valence-corrected chi connectivity index (χ0v) is 7.90. The number of amides is 1. The number of carbonyl (C=O) groups excluding carboxylic acids is 1. The molecule has 1 amide bonds. The summed E-state index contributed by atoms with van der Waals surface area (Å²) in [7, 11) is 1.91. The van der Waals surface area contributed by atoms with E-state index < -0.39 is 0 Å². The first-order valence-electron chi connectivity index (χ1n) is 4.39. The Bertz CT molecular complexity index is 461. The molecule has 0 aliphatic carbocycles. The van der Waals surface area contributed by atoms with E-state index in [1.54, 1.807) is 0 Å². The molecule has 0 atom stereocenters. The molecule has 0 radical (unpaired) electrons. The van der Waals surface area contributed by atoms with E-state index in [0.29, 0.717) is 13.0 Å². The van der Waals surface area contributed by atoms with E-state index in [4.69, 9.17) is 0 Å². The predicted octanol–water partition coefficient (Wildman–Crippen LogP) is 0.819. The highest BCUT2D eigenvalue weighted by molar-refractivity contribution is 5.79. The van der Waals surface area contributed by atoms with Crippen LogP contribution in [-0.4, -0.2) is 16.2 Å². The number of rotatable bonds is 3. The van der Waals surface area contributed by atoms with Gasteiger partial charge in [-0.25, -0.2) is 0 Å². The van der Waals surface area contributed by atoms with E-state index in [1.807, 2.05) is 36.1 Å². The van der Waals surface area contributed by atoms with Gasteiger partial charge >= 0.3 is 0 Å². The molecule has 4 nitrogen and oxygen atoms in total. The minimum absolute atomic E-state index is 0.564. The molecule has 0 bridgehead atoms. The third kappa shape index (κ3) is 1.46. The van der Waals surface area contributed by atoms with Crippen molar-refractivity contribution in [2.24, 2.45) is 7.05 Å². The summed E-state index contributed by atoms with van der Waals surface area (Å²) in [5, 5.41) is 7.87. The number of hydrogen-bond donors (Lipinski definition) is 1. The molecule has 0 fully saturated rings. The highest BCUT2D eigenvalue weighted by atomic mass is 16.1. The largest absolute Gasteiger partial charge is 0.355 e. The molecule has 0 aliphatic heterocycles. The van der Waals surface area contributed by atoms with Gasteiger partial charge < -0.3 is 5.32 Å². The fourth-order valence-electron chi connectivity index (χ4n) is 1.48. The topological polar surface area (TPSA) is 46.9 Å². The molecular formula is C10H11N3O. The Hall–Kier alpha value is -1.84. The van der Waals surface area contributed by atoms with E-state index in [0.717, 1.165) is 16.5 Å². The van der Waals surface area contributed by atoms with E-state index in [-0.39, 0.29) is 0 Å². The lowest BCUT2D eigenvalue weighted by atomic mass is 10.1. The summed E-state index contributed by atoms with van der Waals surface area (Å²) in [6, 6.07) is 6.02. The first kappa shape index (κ1) is 8.74. The summed E-state index contributed by atoms with van der Waals surface area (Å²) in [6.07, 6.45) is 2.52. The fraction of sp³-hybridized carbons (Fsp3) is 0.200. The number of nitrogens with zero attached hydrogens (tertiary/aromatic N) is 2. The second-order valence-electron chi connectivity index (χ2n) is 3.16. The number of benzene rings is 1. The van der Waals surface area contributed by atoms with Crippen molar-refractivity contribution < 1.29 is 4.79 Å². The molecule has 2 aromatic rings. The first-order chi connectivity index (χ1) is 6.81. The standard InChI is InChI=1S/C10H11N3O/c1-13-10-3-2-8(5-11-7-14)4-9(10)6-12-13/h2-4,6-7H,5H2,1H3,(H,11,14). The van der Waals surface area contributed by atoms with Gasteiger partial charge in [0.1, 0.15) is 0 Å². The van der Waals surface area contributed by atoms with Crippen molar-refractivity contribution in [1.82, 2.24) is 15.1 Å². The second kappa shape index (κ2) is 3.49. The Labute approximate surface area is 81.5 Å². The maximum atomic E-state index is 10.1. The van der Waals surface area contributed by atoms with Gasteiger partial charge in [0.15, 0.2) is 0 Å². The molecule has 0 saturated heterocycles. The van der Waals surface area contributed by atoms with Gasteiger partial charge in [0.2, 0.25) is 6.41 Å². The number of hydrogen-bond acceptors (Lipinski definition) is 2. The van der Waals surface area contributed by atoms with Crippen molar-refractivity contribution in [3.05, 3.63) is 30.0 Å². The lowest BCUT2D eigenvalue weighted by molar-refractivity contribution is -0.109. The van der Waals surface area contributed by atoms with Gasteiger partial charge in [0, 0.05) is 19.0 Å². The van der Waals surface area contributed by atoms with Crippen LogP contribution in [0.4, 0.5) is 0 Å². The summed E-state index contributed by atoms with van der Waals surface area (Å²) in [5.41, 5.74) is 2.18. The summed E-state index contributed by atoms with van der Waals surface area (Å²) in [4.78, 5) is 10.1. The van der Waals surface area contributed by atoms with Crippen molar-refractivity contribution in [2.45, 2.75) is 6.54 Å². The molecule has 0 unspecified atom stereocenters. The molecule has 1 aromatic carbocycles. The van der Waals surface area contributed by atoms with Crippen LogP contribution in [0.3, 0.4) is 0 Å². The minimum atomic E-state index is 0.564. The van der Waals surface area contributed by atoms with Crippen molar-refractivity contribution in [2.75, 3.05) is 0 Å². The van der Waals surface area contributed by atoms with Crippen LogP contribution < -0.4 is 5.32 Å². The SMILES string of the molecule is Cn1ncc2cc(CNC=O)ccc21. The normalized spacial score (nSPS) is 10.4. The summed E-state index contributed by atoms with van der Waals surface area (Å²) < 4.78 is 1.83. The van der Waals surface area contributed by atoms with E-state index in [9.17, 15) is 4.79 Å². The Balaban J connectivity index is 2.36. The average Bonchev–Trinajstić information content (AvgIpc) is 2.57. The second-order valence-corrected chi connectivity index (χ2v) is 3.16. The van der Waals surface area contributed by atoms with Gasteiger partial charge in [-0.15, -0.1) is 0 Å². The van der Waals surface area contributed by atoms with Crippen LogP contribution in [0.15, 0.2) is 24.4 Å². The monoisotopic (exact) mass is 189 g/mol. The van der Waals surface area contributed by atoms with E-state index >= 15 is 0 Å². The lowest BCUT2D eigenvalue weighted by Gasteiger charge is -2.00. The number of aryl methyl sites for hydroxylation is 1. The van der Waals surface area contributed by atoms with Crippen LogP contribution in [0.25, 0.3) is 10.9 Å². The highest BCUT2D eigenvalue weighted by Gasteiger charge is 1.99. The van der Waals surface area contributed by atoms with E-state index in [2.05, 4.69) is 10.4 Å². The fourth-order valence-corrected chi connectivity index (χ4v) is 1.48. The molecule has 0 saturated carbocycles. The van der Waals surface area contributed by atoms with Gasteiger partial charge in [0.05, 0.1) is 11.7 Å². The zero-order valence-electron chi connectivity index (χ0n) is 7.90. The molecule has 1 N–H and O–H groups in total. The Morgan fingerprint density at radius 1 is 1.57 bits per heavy atom. The Morgan fingerprint density at radius 2 is 2.43 bits per heavy atom. The van der Waals surface area contributed by atoms with Gasteiger partial charge in [-0.3, -0.25) is 9.48 Å². The summed E-state index contributed by atoms with van der Waals surface area (Å²) in [5.74, 6) is 0. The van der Waals surface area contributed by atoms with Crippen LogP contribution >= 0.6 is 0 Å². The molecule has 1 aromatic heterocycles. The highest BCUT2D eigenvalue weighted by Crippen LogP contribution is 2.14. The van der Waals surface area contributed by atoms with Crippen molar-refractivity contribution in [3.63, 3.8) is 0 Å². The van der Waals surface area contributed by atoms with Crippen molar-refractivity contribution in [3.8, 4) is 0 Å². The molecule has 72 valence electrons. The minimum Gasteiger partial charge on any atom is -0.355 e. The molecule has 2 rings (SSSR count). The van der Waals surface area contributed by atoms with Crippen LogP contribution in [-0.2, 0) is 18.4 Å². The molecular weight excluding hydrogens is 178 g/mol. The molecule has 0 aliphatic rings. The van der Waals surface area contributed by atoms with Crippen molar-refractivity contribution >= 4 is 17.3 Å². The van der Waals surface area contributed by atoms with Gasteiger partial charge in [-0.05, 0) is 17.7 Å². The zero-order chi connectivity index (χ0) is 9.97. The average molecular weight is 189 g/mol. The van der Waals surface area contributed by atoms with E-state index in [1.165, 1.54) is 0 Å². The third-order valence-electron chi connectivity index (χ3n) is 2.20. The maximum Gasteiger partial charge on any atom is 0.207 e. The Kier molecular flexibility index (Phi) is 2.18. The smallest absolute Gasteiger partial charge is 0.207 e. The number of carbonyl (C=O) groups is 1. The predicted molar refractivity (Wildman–Crippen MR) is 53.6 cm³/mol. The van der Waals surface area contributed by atoms with Gasteiger partial charge in [-0.1, -0.05) is 6.07 Å². The molecule has 0 spiro atoms. The maximum absolute atomic E-state index is 10.1. The van der Waals surface area contributed by atoms with Crippen molar-refractivity contribution in [1.29, 1.82) is 0 Å². The van der Waals surface area contributed by atoms with Crippen LogP contribution in [0.2, 0.25) is 0 Å². The van der Waals surface area contributed by atoms with Crippen LogP contribution in [0.5, 0.6) is 0 Å². The molecule has 4 heteroatoms. The first-order valence-corrected chi connectivity index (χ1v) is 4.39. The summed E-state index contributed by atoms with van der Waals surface area (Å²) in [6.45, 7) is 0.564. The van der Waals surface area contributed by atoms with Gasteiger partial charge in [-0.2, -0.15) is 5.10 Å². The Morgan fingerprint density at radius 3 is 3.21 bits per heavy atom. The van der Waals surface area contributed by atoms with Gasteiger partial charge in [0.25, 0.3) is 0 Å².